The molecular formula is C25H19ClF3N3O3. The van der Waals surface area contributed by atoms with Crippen LogP contribution in [0.4, 0.5) is 24.5 Å². The molecule has 0 saturated carbocycles. The number of carbonyl (C=O) groups is 2. The number of nitrogens with two attached hydrogens (primary N) is 1. The molecule has 1 amide bonds. The third-order valence-corrected chi connectivity index (χ3v) is 5.22. The Morgan fingerprint density at radius 2 is 1.63 bits per heavy atom. The molecule has 4 N–H and O–H groups in total. The Kier molecular flexibility index (Phi) is 7.61. The lowest BCUT2D eigenvalue weighted by atomic mass is 10.0. The van der Waals surface area contributed by atoms with Crippen LogP contribution < -0.4 is 11.1 Å². The summed E-state index contributed by atoms with van der Waals surface area (Å²) in [6.07, 6.45) is -4.08. The first kappa shape index (κ1) is 25.5. The van der Waals surface area contributed by atoms with Crippen LogP contribution in [-0.2, 0) is 0 Å². The summed E-state index contributed by atoms with van der Waals surface area (Å²) in [5.74, 6) is -1.79. The number of aryl methyl sites for hydroxylation is 1. The molecule has 6 nitrogen and oxygen atoms in total. The first-order chi connectivity index (χ1) is 16.5. The molecule has 0 spiro atoms. The van der Waals surface area contributed by atoms with Crippen molar-refractivity contribution in [1.82, 2.24) is 0 Å². The minimum absolute atomic E-state index is 0.0723. The Labute approximate surface area is 203 Å². The van der Waals surface area contributed by atoms with Gasteiger partial charge >= 0.3 is 12.1 Å². The van der Waals surface area contributed by atoms with Gasteiger partial charge in [0.15, 0.2) is 0 Å². The van der Waals surface area contributed by atoms with Gasteiger partial charge in [-0.15, -0.1) is 0 Å². The monoisotopic (exact) mass is 501 g/mol. The van der Waals surface area contributed by atoms with E-state index in [2.05, 4.69) is 10.3 Å². The molecular weight excluding hydrogens is 483 g/mol. The molecule has 0 heterocycles. The number of aliphatic imine (C=N–C) groups is 1. The molecule has 3 rings (SSSR count). The summed E-state index contributed by atoms with van der Waals surface area (Å²) in [5.41, 5.74) is 4.99. The van der Waals surface area contributed by atoms with Crippen LogP contribution in [0.2, 0.25) is 5.02 Å². The average Bonchev–Trinajstić information content (AvgIpc) is 2.80. The van der Waals surface area contributed by atoms with Gasteiger partial charge in [0.05, 0.1) is 27.7 Å². The van der Waals surface area contributed by atoms with Crippen molar-refractivity contribution in [3.05, 3.63) is 106 Å². The smallest absolute Gasteiger partial charge is 0.430 e. The van der Waals surface area contributed by atoms with Crippen LogP contribution in [0, 0.1) is 6.92 Å². The Morgan fingerprint density at radius 3 is 2.23 bits per heavy atom. The molecule has 0 fully saturated rings. The highest BCUT2D eigenvalue weighted by atomic mass is 35.5. The zero-order chi connectivity index (χ0) is 25.8. The number of hydrogen-bond acceptors (Lipinski definition) is 4. The van der Waals surface area contributed by atoms with Crippen molar-refractivity contribution in [2.45, 2.75) is 13.1 Å². The van der Waals surface area contributed by atoms with E-state index in [1.54, 1.807) is 37.3 Å². The van der Waals surface area contributed by atoms with E-state index in [1.807, 2.05) is 0 Å². The summed E-state index contributed by atoms with van der Waals surface area (Å²) in [4.78, 5) is 28.4. The van der Waals surface area contributed by atoms with Crippen molar-refractivity contribution in [2.24, 2.45) is 10.7 Å². The van der Waals surface area contributed by atoms with E-state index in [1.165, 1.54) is 36.4 Å². The lowest BCUT2D eigenvalue weighted by molar-refractivity contribution is -0.0925. The Hall–Kier alpha value is -4.11. The van der Waals surface area contributed by atoms with E-state index in [0.29, 0.717) is 11.6 Å². The average molecular weight is 502 g/mol. The van der Waals surface area contributed by atoms with E-state index in [-0.39, 0.29) is 38.8 Å². The van der Waals surface area contributed by atoms with Crippen LogP contribution in [0.5, 0.6) is 0 Å². The van der Waals surface area contributed by atoms with Crippen molar-refractivity contribution in [3.8, 4) is 0 Å². The number of allylic oxidation sites excluding steroid dienone is 2. The number of carbonyl (C=O) groups excluding carboxylic acids is 1. The van der Waals surface area contributed by atoms with E-state index in [4.69, 9.17) is 17.3 Å². The zero-order valence-electron chi connectivity index (χ0n) is 18.2. The summed E-state index contributed by atoms with van der Waals surface area (Å²) in [5, 5.41) is 12.2. The van der Waals surface area contributed by atoms with Gasteiger partial charge in [-0.25, -0.2) is 9.79 Å². The number of rotatable bonds is 6. The van der Waals surface area contributed by atoms with Crippen LogP contribution in [0.25, 0.3) is 0 Å². The summed E-state index contributed by atoms with van der Waals surface area (Å²) in [7, 11) is 0. The van der Waals surface area contributed by atoms with Crippen molar-refractivity contribution in [3.63, 3.8) is 0 Å². The largest absolute Gasteiger partial charge is 0.478 e. The second kappa shape index (κ2) is 10.4. The number of benzene rings is 3. The first-order valence-corrected chi connectivity index (χ1v) is 10.5. The topological polar surface area (TPSA) is 105 Å². The molecule has 0 atom stereocenters. The summed E-state index contributed by atoms with van der Waals surface area (Å²) in [6.45, 7) is 1.65. The van der Waals surface area contributed by atoms with Gasteiger partial charge in [0.2, 0.25) is 0 Å². The molecule has 0 unspecified atom stereocenters. The Balaban J connectivity index is 1.97. The molecule has 0 aromatic heterocycles. The number of nitrogens with zero attached hydrogens (tertiary/aromatic N) is 1. The number of nitrogens with one attached hydrogen (secondary N) is 1. The number of halogens is 4. The highest BCUT2D eigenvalue weighted by Gasteiger charge is 2.31. The Morgan fingerprint density at radius 1 is 1.00 bits per heavy atom. The van der Waals surface area contributed by atoms with Crippen molar-refractivity contribution >= 4 is 40.6 Å². The lowest BCUT2D eigenvalue weighted by Gasteiger charge is -2.12. The number of alkyl halides is 3. The van der Waals surface area contributed by atoms with Gasteiger partial charge in [0.1, 0.15) is 5.70 Å². The number of para-hydroxylation sites is 2. The van der Waals surface area contributed by atoms with Gasteiger partial charge in [-0.1, -0.05) is 48.0 Å². The van der Waals surface area contributed by atoms with Crippen LogP contribution in [0.3, 0.4) is 0 Å². The van der Waals surface area contributed by atoms with Crippen LogP contribution in [0.15, 0.2) is 83.5 Å². The number of aromatic carboxylic acids is 1. The molecule has 0 aliphatic carbocycles. The maximum absolute atomic E-state index is 13.1. The van der Waals surface area contributed by atoms with Gasteiger partial charge in [-0.05, 0) is 48.9 Å². The number of carboxylic acid groups (broad SMARTS) is 1. The number of anilines is 1. The summed E-state index contributed by atoms with van der Waals surface area (Å²) in [6, 6.07) is 16.5. The van der Waals surface area contributed by atoms with Crippen LogP contribution in [0.1, 0.15) is 31.8 Å². The molecule has 0 aliphatic rings. The van der Waals surface area contributed by atoms with Crippen molar-refractivity contribution in [2.75, 3.05) is 5.32 Å². The molecule has 3 aromatic rings. The quantitative estimate of drug-likeness (QED) is 0.354. The fraction of sp³-hybridized carbons (Fsp3) is 0.0800. The minimum Gasteiger partial charge on any atom is -0.478 e. The SMILES string of the molecule is Cc1cccc(C(=O)O)c1NC(=O)c1ccc(C(/C=C(\N)C(F)(F)F)=Nc2ccccc2Cl)cc1. The van der Waals surface area contributed by atoms with Gasteiger partial charge in [0.25, 0.3) is 5.91 Å². The third-order valence-electron chi connectivity index (χ3n) is 4.90. The van der Waals surface area contributed by atoms with E-state index < -0.39 is 23.7 Å². The Bertz CT molecular complexity index is 1330. The van der Waals surface area contributed by atoms with E-state index in [9.17, 15) is 27.9 Å². The second-order valence-electron chi connectivity index (χ2n) is 7.38. The highest BCUT2D eigenvalue weighted by molar-refractivity contribution is 6.33. The first-order valence-electron chi connectivity index (χ1n) is 10.1. The predicted molar refractivity (Wildman–Crippen MR) is 129 cm³/mol. The van der Waals surface area contributed by atoms with Crippen LogP contribution >= 0.6 is 11.6 Å². The minimum atomic E-state index is -4.77. The molecule has 35 heavy (non-hydrogen) atoms. The van der Waals surface area contributed by atoms with Gasteiger partial charge in [0, 0.05) is 11.1 Å². The lowest BCUT2D eigenvalue weighted by Crippen LogP contribution is -2.21. The molecule has 180 valence electrons. The molecule has 0 saturated heterocycles. The molecule has 0 radical (unpaired) electrons. The van der Waals surface area contributed by atoms with Crippen molar-refractivity contribution in [1.29, 1.82) is 0 Å². The van der Waals surface area contributed by atoms with Gasteiger partial charge < -0.3 is 16.2 Å². The summed E-state index contributed by atoms with van der Waals surface area (Å²) < 4.78 is 39.2. The summed E-state index contributed by atoms with van der Waals surface area (Å²) >= 11 is 6.10. The molecule has 10 heteroatoms. The normalized spacial score (nSPS) is 12.4. The maximum atomic E-state index is 13.1. The van der Waals surface area contributed by atoms with E-state index in [0.717, 1.165) is 0 Å². The number of carboxylic acids is 1. The molecule has 0 bridgehead atoms. The fourth-order valence-corrected chi connectivity index (χ4v) is 3.25. The van der Waals surface area contributed by atoms with Gasteiger partial charge in [-0.3, -0.25) is 4.79 Å². The standard InChI is InChI=1S/C25H19ClF3N3O3/c1-14-5-4-6-17(24(34)35)22(14)32-23(33)16-11-9-15(10-12-16)20(13-21(30)25(27,28)29)31-19-8-3-2-7-18(19)26/h2-13H,30H2,1H3,(H,32,33)(H,34,35)/b21-13-,31-20?. The van der Waals surface area contributed by atoms with Crippen molar-refractivity contribution < 1.29 is 27.9 Å². The maximum Gasteiger partial charge on any atom is 0.430 e. The third kappa shape index (κ3) is 6.27. The highest BCUT2D eigenvalue weighted by Crippen LogP contribution is 2.27. The molecule has 3 aromatic carbocycles. The fourth-order valence-electron chi connectivity index (χ4n) is 3.07. The second-order valence-corrected chi connectivity index (χ2v) is 7.79. The molecule has 0 aliphatic heterocycles. The van der Waals surface area contributed by atoms with Crippen LogP contribution in [-0.4, -0.2) is 28.9 Å². The van der Waals surface area contributed by atoms with E-state index >= 15 is 0 Å². The number of amides is 1. The number of hydrogen-bond donors (Lipinski definition) is 3. The zero-order valence-corrected chi connectivity index (χ0v) is 19.0. The van der Waals surface area contributed by atoms with Gasteiger partial charge in [-0.2, -0.15) is 13.2 Å². The predicted octanol–water partition coefficient (Wildman–Crippen LogP) is 6.12.